The molecule has 116 valence electrons. The Morgan fingerprint density at radius 1 is 1.36 bits per heavy atom. The molecule has 1 amide bonds. The minimum absolute atomic E-state index is 0.0435. The molecule has 1 aromatic carbocycles. The minimum atomic E-state index is -0.350. The summed E-state index contributed by atoms with van der Waals surface area (Å²) in [5, 5.41) is 13.0. The zero-order valence-electron chi connectivity index (χ0n) is 12.4. The number of nitrogens with zero attached hydrogens (tertiary/aromatic N) is 1. The molecule has 1 saturated carbocycles. The lowest BCUT2D eigenvalue weighted by Crippen LogP contribution is -2.41. The molecule has 0 saturated heterocycles. The highest BCUT2D eigenvalue weighted by atomic mass is 35.5. The minimum Gasteiger partial charge on any atom is -0.348 e. The van der Waals surface area contributed by atoms with E-state index in [1.54, 1.807) is 18.2 Å². The molecular formula is C17H18Cl2N2O. The van der Waals surface area contributed by atoms with Crippen LogP contribution in [0.1, 0.15) is 38.2 Å². The topological polar surface area (TPSA) is 52.9 Å². The average Bonchev–Trinajstić information content (AvgIpc) is 2.51. The summed E-state index contributed by atoms with van der Waals surface area (Å²) in [7, 11) is 0. The number of halogens is 2. The zero-order chi connectivity index (χ0) is 16.1. The van der Waals surface area contributed by atoms with Crippen LogP contribution < -0.4 is 5.32 Å². The Morgan fingerprint density at radius 3 is 2.77 bits per heavy atom. The highest BCUT2D eigenvalue weighted by molar-refractivity contribution is 6.43. The normalized spacial score (nSPS) is 22.0. The van der Waals surface area contributed by atoms with E-state index in [0.717, 1.165) is 19.3 Å². The van der Waals surface area contributed by atoms with E-state index in [0.29, 0.717) is 21.5 Å². The average molecular weight is 337 g/mol. The molecule has 1 fully saturated rings. The summed E-state index contributed by atoms with van der Waals surface area (Å²) < 4.78 is 0. The number of hydrogen-bond donors (Lipinski definition) is 1. The van der Waals surface area contributed by atoms with Crippen LogP contribution in [0.15, 0.2) is 23.8 Å². The van der Waals surface area contributed by atoms with Gasteiger partial charge in [-0.05, 0) is 36.5 Å². The summed E-state index contributed by atoms with van der Waals surface area (Å²) in [5.41, 5.74) is 0.611. The van der Waals surface area contributed by atoms with E-state index in [1.165, 1.54) is 12.5 Å². The number of amides is 1. The van der Waals surface area contributed by atoms with Gasteiger partial charge in [0.1, 0.15) is 11.6 Å². The molecule has 1 aliphatic rings. The molecule has 1 N–H and O–H groups in total. The van der Waals surface area contributed by atoms with Crippen molar-refractivity contribution in [3.63, 3.8) is 0 Å². The monoisotopic (exact) mass is 336 g/mol. The van der Waals surface area contributed by atoms with Gasteiger partial charge in [-0.15, -0.1) is 0 Å². The van der Waals surface area contributed by atoms with Gasteiger partial charge in [-0.1, -0.05) is 55.1 Å². The fourth-order valence-corrected chi connectivity index (χ4v) is 3.08. The van der Waals surface area contributed by atoms with Crippen LogP contribution in [0.5, 0.6) is 0 Å². The van der Waals surface area contributed by atoms with Crippen LogP contribution >= 0.6 is 23.2 Å². The standard InChI is InChI=1S/C17H18Cl2N2O/c1-11-5-2-3-8-15(11)21-17(22)13(10-20)9-12-6-4-7-14(18)16(12)19/h4,6-7,9,11,15H,2-3,5,8H2,1H3,(H,21,22)/b13-9+/t11-,15-/m1/s1. The first-order chi connectivity index (χ1) is 10.5. The van der Waals surface area contributed by atoms with Gasteiger partial charge in [-0.25, -0.2) is 0 Å². The van der Waals surface area contributed by atoms with Gasteiger partial charge < -0.3 is 5.32 Å². The Labute approximate surface area is 140 Å². The van der Waals surface area contributed by atoms with Crippen LogP contribution in [0.4, 0.5) is 0 Å². The zero-order valence-corrected chi connectivity index (χ0v) is 13.9. The van der Waals surface area contributed by atoms with Gasteiger partial charge >= 0.3 is 0 Å². The maximum absolute atomic E-state index is 12.3. The summed E-state index contributed by atoms with van der Waals surface area (Å²) in [6.45, 7) is 2.13. The van der Waals surface area contributed by atoms with Gasteiger partial charge in [-0.3, -0.25) is 4.79 Å². The smallest absolute Gasteiger partial charge is 0.262 e. The predicted molar refractivity (Wildman–Crippen MR) is 89.6 cm³/mol. The maximum Gasteiger partial charge on any atom is 0.262 e. The molecule has 2 rings (SSSR count). The van der Waals surface area contributed by atoms with Gasteiger partial charge in [0.05, 0.1) is 10.0 Å². The van der Waals surface area contributed by atoms with E-state index >= 15 is 0 Å². The Bertz CT molecular complexity index is 634. The third-order valence-electron chi connectivity index (χ3n) is 4.07. The Hall–Kier alpha value is -1.50. The van der Waals surface area contributed by atoms with Crippen LogP contribution in [0.3, 0.4) is 0 Å². The van der Waals surface area contributed by atoms with Gasteiger partial charge in [0.25, 0.3) is 5.91 Å². The molecule has 0 spiro atoms. The Morgan fingerprint density at radius 2 is 2.09 bits per heavy atom. The van der Waals surface area contributed by atoms with Crippen molar-refractivity contribution in [2.45, 2.75) is 38.6 Å². The van der Waals surface area contributed by atoms with E-state index in [4.69, 9.17) is 23.2 Å². The number of nitriles is 1. The SMILES string of the molecule is C[C@@H]1CCCC[C@H]1NC(=O)/C(C#N)=C/c1cccc(Cl)c1Cl. The predicted octanol–water partition coefficient (Wildman–Crippen LogP) is 4.60. The highest BCUT2D eigenvalue weighted by Gasteiger charge is 2.24. The van der Waals surface area contributed by atoms with Crippen molar-refractivity contribution in [1.82, 2.24) is 5.32 Å². The number of carbonyl (C=O) groups excluding carboxylic acids is 1. The summed E-state index contributed by atoms with van der Waals surface area (Å²) in [6, 6.07) is 7.20. The second-order valence-electron chi connectivity index (χ2n) is 5.65. The van der Waals surface area contributed by atoms with Gasteiger partial charge in [0.15, 0.2) is 0 Å². The number of nitrogens with one attached hydrogen (secondary N) is 1. The van der Waals surface area contributed by atoms with Gasteiger partial charge in [-0.2, -0.15) is 5.26 Å². The first kappa shape index (κ1) is 16.9. The molecule has 22 heavy (non-hydrogen) atoms. The lowest BCUT2D eigenvalue weighted by atomic mass is 9.86. The largest absolute Gasteiger partial charge is 0.348 e. The van der Waals surface area contributed by atoms with Gasteiger partial charge in [0.2, 0.25) is 0 Å². The number of carbonyl (C=O) groups is 1. The van der Waals surface area contributed by atoms with Crippen molar-refractivity contribution in [3.05, 3.63) is 39.4 Å². The van der Waals surface area contributed by atoms with Crippen molar-refractivity contribution in [2.75, 3.05) is 0 Å². The van der Waals surface area contributed by atoms with Crippen LogP contribution in [-0.4, -0.2) is 11.9 Å². The third-order valence-corrected chi connectivity index (χ3v) is 4.91. The van der Waals surface area contributed by atoms with Crippen LogP contribution in [-0.2, 0) is 4.79 Å². The number of benzene rings is 1. The van der Waals surface area contributed by atoms with Gasteiger partial charge in [0, 0.05) is 6.04 Å². The number of rotatable bonds is 3. The van der Waals surface area contributed by atoms with Crippen molar-refractivity contribution < 1.29 is 4.79 Å². The summed E-state index contributed by atoms with van der Waals surface area (Å²) >= 11 is 12.0. The van der Waals surface area contributed by atoms with E-state index in [2.05, 4.69) is 12.2 Å². The Kier molecular flexibility index (Phi) is 5.88. The van der Waals surface area contributed by atoms with E-state index < -0.39 is 0 Å². The molecule has 0 heterocycles. The van der Waals surface area contributed by atoms with Crippen molar-refractivity contribution in [3.8, 4) is 6.07 Å². The molecule has 0 aromatic heterocycles. The molecule has 0 radical (unpaired) electrons. The van der Waals surface area contributed by atoms with Crippen LogP contribution in [0.2, 0.25) is 10.0 Å². The summed E-state index contributed by atoms with van der Waals surface area (Å²) in [5.74, 6) is 0.0877. The quantitative estimate of drug-likeness (QED) is 0.648. The molecular weight excluding hydrogens is 319 g/mol. The highest BCUT2D eigenvalue weighted by Crippen LogP contribution is 2.27. The second kappa shape index (κ2) is 7.67. The van der Waals surface area contributed by atoms with Crippen LogP contribution in [0.25, 0.3) is 6.08 Å². The molecule has 2 atom stereocenters. The molecule has 0 bridgehead atoms. The number of hydrogen-bond acceptors (Lipinski definition) is 2. The first-order valence-corrected chi connectivity index (χ1v) is 8.15. The fraction of sp³-hybridized carbons (Fsp3) is 0.412. The molecule has 3 nitrogen and oxygen atoms in total. The van der Waals surface area contributed by atoms with Crippen molar-refractivity contribution in [1.29, 1.82) is 5.26 Å². The van der Waals surface area contributed by atoms with Crippen molar-refractivity contribution in [2.24, 2.45) is 5.92 Å². The van der Waals surface area contributed by atoms with E-state index in [1.807, 2.05) is 6.07 Å². The van der Waals surface area contributed by atoms with Crippen LogP contribution in [0, 0.1) is 17.2 Å². The molecule has 5 heteroatoms. The molecule has 0 aliphatic heterocycles. The van der Waals surface area contributed by atoms with E-state index in [-0.39, 0.29) is 17.5 Å². The Balaban J connectivity index is 2.17. The summed E-state index contributed by atoms with van der Waals surface area (Å²) in [6.07, 6.45) is 5.87. The summed E-state index contributed by atoms with van der Waals surface area (Å²) in [4.78, 5) is 12.3. The molecule has 1 aliphatic carbocycles. The first-order valence-electron chi connectivity index (χ1n) is 7.39. The van der Waals surface area contributed by atoms with Crippen molar-refractivity contribution >= 4 is 35.2 Å². The second-order valence-corrected chi connectivity index (χ2v) is 6.44. The van der Waals surface area contributed by atoms with E-state index in [9.17, 15) is 10.1 Å². The fourth-order valence-electron chi connectivity index (χ4n) is 2.71. The third kappa shape index (κ3) is 4.03. The molecule has 1 aromatic rings. The lowest BCUT2D eigenvalue weighted by molar-refractivity contribution is -0.118. The molecule has 0 unspecified atom stereocenters. The maximum atomic E-state index is 12.3. The lowest BCUT2D eigenvalue weighted by Gasteiger charge is -2.29.